The van der Waals surface area contributed by atoms with E-state index in [1.807, 2.05) is 33.8 Å². The predicted octanol–water partition coefficient (Wildman–Crippen LogP) is -1.45. The molecule has 0 aromatic heterocycles. The average Bonchev–Trinajstić information content (AvgIpc) is 3.14. The van der Waals surface area contributed by atoms with E-state index in [4.69, 9.17) is 22.9 Å². The summed E-state index contributed by atoms with van der Waals surface area (Å²) in [4.78, 5) is 83.8. The van der Waals surface area contributed by atoms with Crippen molar-refractivity contribution in [3.8, 4) is 5.75 Å². The molecule has 0 aliphatic rings. The van der Waals surface area contributed by atoms with Gasteiger partial charge in [0.15, 0.2) is 5.96 Å². The lowest BCUT2D eigenvalue weighted by molar-refractivity contribution is -0.135. The molecule has 0 heterocycles. The molecule has 6 amide bonds. The number of amides is 6. The summed E-state index contributed by atoms with van der Waals surface area (Å²) in [5.74, 6) is -4.87. The minimum absolute atomic E-state index is 0.00627. The van der Waals surface area contributed by atoms with E-state index in [1.54, 1.807) is 36.4 Å². The number of nitrogens with zero attached hydrogens (tertiary/aromatic N) is 1. The minimum Gasteiger partial charge on any atom is -0.508 e. The molecule has 0 fully saturated rings. The van der Waals surface area contributed by atoms with Crippen molar-refractivity contribution in [1.29, 1.82) is 0 Å². The summed E-state index contributed by atoms with van der Waals surface area (Å²) in [6.45, 7) is 6.67. The molecule has 2 aromatic rings. The topological polar surface area (TPSA) is 319 Å². The van der Waals surface area contributed by atoms with Crippen LogP contribution in [0.2, 0.25) is 0 Å². The zero-order valence-corrected chi connectivity index (χ0v) is 33.1. The van der Waals surface area contributed by atoms with Gasteiger partial charge in [-0.25, -0.2) is 0 Å². The van der Waals surface area contributed by atoms with Crippen molar-refractivity contribution in [2.24, 2.45) is 39.8 Å². The summed E-state index contributed by atoms with van der Waals surface area (Å²) >= 11 is 0. The van der Waals surface area contributed by atoms with E-state index in [-0.39, 0.29) is 68.6 Å². The molecule has 57 heavy (non-hydrogen) atoms. The van der Waals surface area contributed by atoms with Crippen LogP contribution in [0.1, 0.15) is 64.5 Å². The summed E-state index contributed by atoms with van der Waals surface area (Å²) < 4.78 is 0. The first kappa shape index (κ1) is 47.4. The number of nitrogens with one attached hydrogen (secondary N) is 5. The highest BCUT2D eigenvalue weighted by Crippen LogP contribution is 2.13. The number of aliphatic imine (C=N–C) groups is 1. The molecular formula is C39H60N10O8. The fraction of sp³-hybridized carbons (Fsp3) is 0.513. The van der Waals surface area contributed by atoms with Crippen LogP contribution in [0, 0.1) is 11.8 Å². The Morgan fingerprint density at radius 3 is 1.56 bits per heavy atom. The summed E-state index contributed by atoms with van der Waals surface area (Å²) in [7, 11) is 0. The van der Waals surface area contributed by atoms with E-state index in [1.165, 1.54) is 12.1 Å². The van der Waals surface area contributed by atoms with Gasteiger partial charge in [-0.2, -0.15) is 0 Å². The second-order valence-electron chi connectivity index (χ2n) is 14.8. The number of carbonyl (C=O) groups excluding carboxylic acids is 6. The Labute approximate surface area is 333 Å². The van der Waals surface area contributed by atoms with Crippen LogP contribution in [0.25, 0.3) is 0 Å². The Bertz CT molecular complexity index is 1650. The number of carbonyl (C=O) groups is 6. The van der Waals surface area contributed by atoms with Crippen LogP contribution in [0.4, 0.5) is 0 Å². The number of aliphatic hydroxyl groups excluding tert-OH is 1. The summed E-state index contributed by atoms with van der Waals surface area (Å²) in [5.41, 5.74) is 24.0. The van der Waals surface area contributed by atoms with E-state index >= 15 is 0 Å². The monoisotopic (exact) mass is 796 g/mol. The van der Waals surface area contributed by atoms with Crippen molar-refractivity contribution < 1.29 is 39.0 Å². The predicted molar refractivity (Wildman–Crippen MR) is 215 cm³/mol. The van der Waals surface area contributed by atoms with E-state index in [2.05, 4.69) is 31.6 Å². The standard InChI is InChI=1S/C39H60N10O8/c1-22(2)17-30(36(55)45-28(11-8-16-44-39(42)43)35(54)46-29(33(41)52)20-25-12-14-26(51)15-13-25)47-37(56)31(18-23(3)4)48-38(57)32(21-50)49-34(53)27(40)19-24-9-6-5-7-10-24/h5-7,9-10,12-15,22-23,27-32,50-51H,8,11,16-21,40H2,1-4H3,(H2,41,52)(H,45,55)(H,46,54)(H,47,56)(H,48,57)(H,49,53)(H4,42,43,44). The number of phenols is 1. The van der Waals surface area contributed by atoms with Gasteiger partial charge in [0.1, 0.15) is 36.0 Å². The molecular weight excluding hydrogens is 736 g/mol. The highest BCUT2D eigenvalue weighted by atomic mass is 16.3. The van der Waals surface area contributed by atoms with Gasteiger partial charge in [0.25, 0.3) is 0 Å². The van der Waals surface area contributed by atoms with Gasteiger partial charge in [-0.3, -0.25) is 33.8 Å². The van der Waals surface area contributed by atoms with Gasteiger partial charge in [-0.05, 0) is 67.2 Å². The maximum atomic E-state index is 13.9. The van der Waals surface area contributed by atoms with Gasteiger partial charge in [0.2, 0.25) is 35.4 Å². The molecule has 0 saturated heterocycles. The zero-order chi connectivity index (χ0) is 42.7. The second kappa shape index (κ2) is 24.0. The molecule has 18 heteroatoms. The van der Waals surface area contributed by atoms with E-state index < -0.39 is 78.3 Å². The van der Waals surface area contributed by atoms with Gasteiger partial charge in [0.05, 0.1) is 12.6 Å². The van der Waals surface area contributed by atoms with Crippen LogP contribution in [-0.2, 0) is 41.6 Å². The molecule has 2 rings (SSSR count). The third-order valence-electron chi connectivity index (χ3n) is 8.75. The quantitative estimate of drug-likeness (QED) is 0.0332. The first-order chi connectivity index (χ1) is 26.9. The lowest BCUT2D eigenvalue weighted by Crippen LogP contribution is -2.60. The number of aliphatic hydroxyl groups is 1. The summed E-state index contributed by atoms with van der Waals surface area (Å²) in [6.07, 6.45) is 0.760. The maximum Gasteiger partial charge on any atom is 0.245 e. The summed E-state index contributed by atoms with van der Waals surface area (Å²) in [5, 5.41) is 32.7. The van der Waals surface area contributed by atoms with Gasteiger partial charge >= 0.3 is 0 Å². The highest BCUT2D eigenvalue weighted by Gasteiger charge is 2.33. The van der Waals surface area contributed by atoms with Crippen LogP contribution in [0.15, 0.2) is 59.6 Å². The van der Waals surface area contributed by atoms with E-state index in [0.29, 0.717) is 5.56 Å². The van der Waals surface area contributed by atoms with Crippen LogP contribution >= 0.6 is 0 Å². The normalized spacial score (nSPS) is 14.2. The SMILES string of the molecule is CC(C)CC(NC(=O)C(CO)NC(=O)C(N)Cc1ccccc1)C(=O)NC(CC(C)C)C(=O)NC(CCCN=C(N)N)C(=O)NC(Cc1ccc(O)cc1)C(N)=O. The van der Waals surface area contributed by atoms with Crippen molar-refractivity contribution in [3.05, 3.63) is 65.7 Å². The zero-order valence-electron chi connectivity index (χ0n) is 33.1. The first-order valence-electron chi connectivity index (χ1n) is 18.9. The molecule has 0 spiro atoms. The van der Waals surface area contributed by atoms with Crippen molar-refractivity contribution in [2.45, 2.75) is 102 Å². The number of benzene rings is 2. The van der Waals surface area contributed by atoms with Gasteiger partial charge in [-0.15, -0.1) is 0 Å². The highest BCUT2D eigenvalue weighted by molar-refractivity contribution is 5.96. The van der Waals surface area contributed by atoms with E-state index in [0.717, 1.165) is 5.56 Å². The van der Waals surface area contributed by atoms with Crippen molar-refractivity contribution >= 4 is 41.4 Å². The molecule has 0 bridgehead atoms. The molecule has 0 radical (unpaired) electrons. The number of nitrogens with two attached hydrogens (primary N) is 4. The lowest BCUT2D eigenvalue weighted by atomic mass is 9.99. The van der Waals surface area contributed by atoms with Gasteiger partial charge < -0.3 is 59.7 Å². The summed E-state index contributed by atoms with van der Waals surface area (Å²) in [6, 6.07) is 7.84. The Kier molecular flexibility index (Phi) is 20.0. The smallest absolute Gasteiger partial charge is 0.245 e. The van der Waals surface area contributed by atoms with Gasteiger partial charge in [0, 0.05) is 13.0 Å². The van der Waals surface area contributed by atoms with Crippen LogP contribution in [0.5, 0.6) is 5.75 Å². The maximum absolute atomic E-state index is 13.9. The van der Waals surface area contributed by atoms with Crippen molar-refractivity contribution in [2.75, 3.05) is 13.2 Å². The van der Waals surface area contributed by atoms with E-state index in [9.17, 15) is 39.0 Å². The Hall–Kier alpha value is -5.75. The molecule has 6 unspecified atom stereocenters. The molecule has 314 valence electrons. The van der Waals surface area contributed by atoms with Crippen LogP contribution in [-0.4, -0.2) is 101 Å². The van der Waals surface area contributed by atoms with Gasteiger partial charge in [-0.1, -0.05) is 70.2 Å². The molecule has 6 atom stereocenters. The minimum atomic E-state index is -1.42. The molecule has 2 aromatic carbocycles. The number of phenolic OH excluding ortho intramolecular Hbond substituents is 1. The number of primary amides is 1. The molecule has 18 nitrogen and oxygen atoms in total. The molecule has 15 N–H and O–H groups in total. The number of rotatable bonds is 24. The third-order valence-corrected chi connectivity index (χ3v) is 8.75. The average molecular weight is 797 g/mol. The second-order valence-corrected chi connectivity index (χ2v) is 14.8. The number of aromatic hydroxyl groups is 1. The van der Waals surface area contributed by atoms with Crippen molar-refractivity contribution in [1.82, 2.24) is 26.6 Å². The number of hydrogen-bond acceptors (Lipinski definition) is 10. The molecule has 0 aliphatic heterocycles. The third kappa shape index (κ3) is 17.7. The lowest BCUT2D eigenvalue weighted by Gasteiger charge is -2.28. The van der Waals surface area contributed by atoms with Crippen LogP contribution < -0.4 is 49.5 Å². The Balaban J connectivity index is 2.24. The first-order valence-corrected chi connectivity index (χ1v) is 18.9. The van der Waals surface area contributed by atoms with Crippen molar-refractivity contribution in [3.63, 3.8) is 0 Å². The fourth-order valence-corrected chi connectivity index (χ4v) is 5.79. The Morgan fingerprint density at radius 1 is 0.614 bits per heavy atom. The molecule has 0 saturated carbocycles. The number of hydrogen-bond donors (Lipinski definition) is 11. The Morgan fingerprint density at radius 2 is 1.07 bits per heavy atom. The fourth-order valence-electron chi connectivity index (χ4n) is 5.79. The number of guanidine groups is 1. The van der Waals surface area contributed by atoms with Crippen LogP contribution in [0.3, 0.4) is 0 Å². The molecule has 0 aliphatic carbocycles. The largest absolute Gasteiger partial charge is 0.508 e.